The van der Waals surface area contributed by atoms with E-state index in [1.165, 1.54) is 25.7 Å². The summed E-state index contributed by atoms with van der Waals surface area (Å²) in [5.74, 6) is 3.12. The Morgan fingerprint density at radius 2 is 1.88 bits per heavy atom. The predicted octanol–water partition coefficient (Wildman–Crippen LogP) is 3.83. The largest absolute Gasteiger partial charge is 0.392 e. The van der Waals surface area contributed by atoms with Crippen LogP contribution in [0, 0.1) is 39.9 Å². The third-order valence-electron chi connectivity index (χ3n) is 9.41. The molecule has 8 atom stereocenters. The normalized spacial score (nSPS) is 54.6. The third kappa shape index (κ3) is 2.25. The van der Waals surface area contributed by atoms with Gasteiger partial charge in [-0.3, -0.25) is 4.79 Å². The molecule has 0 aromatic heterocycles. The van der Waals surface area contributed by atoms with Crippen LogP contribution in [-0.2, 0) is 4.79 Å². The van der Waals surface area contributed by atoms with Crippen molar-refractivity contribution in [3.8, 4) is 0 Å². The lowest BCUT2D eigenvalue weighted by molar-refractivity contribution is -0.238. The summed E-state index contributed by atoms with van der Waals surface area (Å²) in [6.07, 6.45) is 11.2. The van der Waals surface area contributed by atoms with Crippen LogP contribution in [0.25, 0.3) is 0 Å². The van der Waals surface area contributed by atoms with Crippen LogP contribution in [0.1, 0.15) is 65.2 Å². The van der Waals surface area contributed by atoms with Gasteiger partial charge < -0.3 is 10.8 Å². The van der Waals surface area contributed by atoms with Crippen LogP contribution in [0.5, 0.6) is 0 Å². The van der Waals surface area contributed by atoms with Gasteiger partial charge in [0.15, 0.2) is 0 Å². The van der Waals surface area contributed by atoms with E-state index >= 15 is 0 Å². The summed E-state index contributed by atoms with van der Waals surface area (Å²) in [5.41, 5.74) is 5.83. The molecule has 3 N–H and O–H groups in total. The van der Waals surface area contributed by atoms with Crippen LogP contribution in [0.15, 0.2) is 0 Å². The zero-order valence-corrected chi connectivity index (χ0v) is 16.9. The van der Waals surface area contributed by atoms with Gasteiger partial charge in [0, 0.05) is 5.41 Å². The number of hydrogen-bond donors (Lipinski definition) is 2. The van der Waals surface area contributed by atoms with E-state index in [4.69, 9.17) is 5.73 Å². The number of carbonyl (C=O) groups excluding carboxylic acids is 1. The predicted molar refractivity (Wildman–Crippen MR) is 103 cm³/mol. The van der Waals surface area contributed by atoms with Crippen LogP contribution >= 0.6 is 11.8 Å². The van der Waals surface area contributed by atoms with E-state index in [2.05, 4.69) is 20.1 Å². The van der Waals surface area contributed by atoms with Gasteiger partial charge in [0.2, 0.25) is 5.91 Å². The molecule has 0 aliphatic heterocycles. The lowest BCUT2D eigenvalue weighted by atomic mass is 9.35. The summed E-state index contributed by atoms with van der Waals surface area (Å²) in [6.45, 7) is 4.57. The molecule has 2 bridgehead atoms. The number of aliphatic hydroxyl groups excluding tert-OH is 1. The van der Waals surface area contributed by atoms with Crippen LogP contribution in [-0.4, -0.2) is 29.1 Å². The van der Waals surface area contributed by atoms with Crippen LogP contribution in [0.3, 0.4) is 0 Å². The number of nitrogens with two attached hydrogens (primary N) is 1. The molecule has 0 saturated heterocycles. The summed E-state index contributed by atoms with van der Waals surface area (Å²) in [6, 6.07) is 0. The van der Waals surface area contributed by atoms with Crippen molar-refractivity contribution >= 4 is 17.7 Å². The molecule has 5 fully saturated rings. The first-order valence-electron chi connectivity index (χ1n) is 10.3. The highest BCUT2D eigenvalue weighted by Gasteiger charge is 2.68. The summed E-state index contributed by atoms with van der Waals surface area (Å²) < 4.78 is 0. The van der Waals surface area contributed by atoms with Crippen molar-refractivity contribution in [2.75, 3.05) is 12.0 Å². The van der Waals surface area contributed by atoms with E-state index in [9.17, 15) is 9.90 Å². The van der Waals surface area contributed by atoms with Crippen LogP contribution < -0.4 is 5.73 Å². The van der Waals surface area contributed by atoms with Gasteiger partial charge in [-0.05, 0) is 91.5 Å². The molecule has 1 spiro atoms. The van der Waals surface area contributed by atoms with E-state index in [0.717, 1.165) is 31.4 Å². The minimum absolute atomic E-state index is 0.0962. The van der Waals surface area contributed by atoms with Crippen molar-refractivity contribution in [1.29, 1.82) is 0 Å². The first-order valence-corrected chi connectivity index (χ1v) is 11.7. The molecule has 0 heterocycles. The molecule has 0 unspecified atom stereocenters. The Morgan fingerprint density at radius 1 is 1.16 bits per heavy atom. The van der Waals surface area contributed by atoms with Gasteiger partial charge in [-0.1, -0.05) is 20.3 Å². The Morgan fingerprint density at radius 3 is 2.56 bits per heavy atom. The highest BCUT2D eigenvalue weighted by Crippen LogP contribution is 2.72. The second-order valence-electron chi connectivity index (χ2n) is 10.1. The lowest BCUT2D eigenvalue weighted by Gasteiger charge is -2.70. The van der Waals surface area contributed by atoms with E-state index in [0.29, 0.717) is 23.7 Å². The van der Waals surface area contributed by atoms with Gasteiger partial charge in [0.05, 0.1) is 6.10 Å². The molecule has 5 aliphatic rings. The molecule has 3 nitrogen and oxygen atoms in total. The van der Waals surface area contributed by atoms with Gasteiger partial charge >= 0.3 is 0 Å². The standard InChI is InChI=1S/C21H35NO2S/c1-19-7-4-8-20(2,18(22)24)15(19)6-10-21-9-5-13(11-16(19)21)14(12-25-3)17(21)23/h13-17,23H,4-12H2,1-3H3,(H2,22,24)/t13-,14+,15+,16+,17-,19-,20-,21+/m1/s1. The van der Waals surface area contributed by atoms with Crippen LogP contribution in [0.4, 0.5) is 0 Å². The number of carbonyl (C=O) groups is 1. The number of amides is 1. The minimum Gasteiger partial charge on any atom is -0.392 e. The zero-order chi connectivity index (χ0) is 18.0. The quantitative estimate of drug-likeness (QED) is 0.799. The zero-order valence-electron chi connectivity index (χ0n) is 16.1. The Bertz CT molecular complexity index is 568. The molecule has 0 aromatic carbocycles. The average molecular weight is 366 g/mol. The number of primary amides is 1. The number of rotatable bonds is 3. The molecule has 1 amide bonds. The smallest absolute Gasteiger partial charge is 0.223 e. The first-order chi connectivity index (χ1) is 11.8. The molecule has 25 heavy (non-hydrogen) atoms. The maximum atomic E-state index is 12.4. The number of fused-ring (bicyclic) bond motifs is 3. The van der Waals surface area contributed by atoms with Crippen molar-refractivity contribution in [2.45, 2.75) is 71.3 Å². The third-order valence-corrected chi connectivity index (χ3v) is 10.1. The Labute approximate surface area is 156 Å². The summed E-state index contributed by atoms with van der Waals surface area (Å²) >= 11 is 1.89. The van der Waals surface area contributed by atoms with Crippen molar-refractivity contribution in [3.63, 3.8) is 0 Å². The second-order valence-corrected chi connectivity index (χ2v) is 11.0. The molecule has 4 heteroatoms. The van der Waals surface area contributed by atoms with Crippen molar-refractivity contribution in [1.82, 2.24) is 0 Å². The average Bonchev–Trinajstić information content (AvgIpc) is 2.57. The highest BCUT2D eigenvalue weighted by atomic mass is 32.2. The van der Waals surface area contributed by atoms with E-state index < -0.39 is 0 Å². The first kappa shape index (κ1) is 18.2. The number of aliphatic hydroxyl groups is 1. The molecular formula is C21H35NO2S. The molecular weight excluding hydrogens is 330 g/mol. The van der Waals surface area contributed by atoms with E-state index in [-0.39, 0.29) is 28.3 Å². The van der Waals surface area contributed by atoms with E-state index in [1.54, 1.807) is 0 Å². The summed E-state index contributed by atoms with van der Waals surface area (Å²) in [5, 5.41) is 11.4. The van der Waals surface area contributed by atoms with Crippen LogP contribution in [0.2, 0.25) is 0 Å². The molecule has 0 radical (unpaired) electrons. The number of thioether (sulfide) groups is 1. The maximum Gasteiger partial charge on any atom is 0.223 e. The topological polar surface area (TPSA) is 63.3 Å². The SMILES string of the molecule is CSC[C@H]1[C@@H]2CC[C@@]3(CC[C@H]4[C@@](C)(CCC[C@@]4(C)C(N)=O)[C@@H]3C2)[C@@H]1O. The van der Waals surface area contributed by atoms with Gasteiger partial charge in [-0.15, -0.1) is 0 Å². The molecule has 5 saturated carbocycles. The maximum absolute atomic E-state index is 12.4. The minimum atomic E-state index is -0.352. The molecule has 5 rings (SSSR count). The monoisotopic (exact) mass is 365 g/mol. The Kier molecular flexibility index (Phi) is 4.28. The van der Waals surface area contributed by atoms with E-state index in [1.807, 2.05) is 11.8 Å². The fraction of sp³-hybridized carbons (Fsp3) is 0.952. The Balaban J connectivity index is 1.72. The van der Waals surface area contributed by atoms with Gasteiger partial charge in [0.1, 0.15) is 0 Å². The summed E-state index contributed by atoms with van der Waals surface area (Å²) in [4.78, 5) is 12.4. The molecule has 142 valence electrons. The van der Waals surface area contributed by atoms with Gasteiger partial charge in [-0.2, -0.15) is 11.8 Å². The molecule has 0 aromatic rings. The summed E-state index contributed by atoms with van der Waals surface area (Å²) in [7, 11) is 0. The number of hydrogen-bond acceptors (Lipinski definition) is 3. The fourth-order valence-corrected chi connectivity index (χ4v) is 9.03. The van der Waals surface area contributed by atoms with Crippen molar-refractivity contribution < 1.29 is 9.90 Å². The fourth-order valence-electron chi connectivity index (χ4n) is 8.19. The highest BCUT2D eigenvalue weighted by molar-refractivity contribution is 7.98. The van der Waals surface area contributed by atoms with Gasteiger partial charge in [0.25, 0.3) is 0 Å². The Hall–Kier alpha value is -0.220. The molecule has 5 aliphatic carbocycles. The lowest BCUT2D eigenvalue weighted by Crippen LogP contribution is -2.67. The van der Waals surface area contributed by atoms with Gasteiger partial charge in [-0.25, -0.2) is 0 Å². The van der Waals surface area contributed by atoms with Crippen molar-refractivity contribution in [2.24, 2.45) is 45.7 Å². The second kappa shape index (κ2) is 5.89. The van der Waals surface area contributed by atoms with Crippen molar-refractivity contribution in [3.05, 3.63) is 0 Å².